The van der Waals surface area contributed by atoms with Gasteiger partial charge in [0.05, 0.1) is 0 Å². The summed E-state index contributed by atoms with van der Waals surface area (Å²) in [5.41, 5.74) is 2.11. The lowest BCUT2D eigenvalue weighted by Crippen LogP contribution is -2.49. The monoisotopic (exact) mass is 371 g/mol. The highest BCUT2D eigenvalue weighted by atomic mass is 16.3. The number of rotatable bonds is 7. The molecule has 0 saturated carbocycles. The van der Waals surface area contributed by atoms with Crippen molar-refractivity contribution in [2.75, 3.05) is 52.4 Å². The second kappa shape index (κ2) is 9.76. The van der Waals surface area contributed by atoms with Crippen LogP contribution in [-0.2, 0) is 6.54 Å². The van der Waals surface area contributed by atoms with Gasteiger partial charge in [-0.3, -0.25) is 4.90 Å². The molecular formula is C21H33N5O. The third-order valence-electron chi connectivity index (χ3n) is 5.30. The molecule has 6 nitrogen and oxygen atoms in total. The van der Waals surface area contributed by atoms with E-state index in [0.29, 0.717) is 6.54 Å². The summed E-state index contributed by atoms with van der Waals surface area (Å²) in [4.78, 5) is 9.75. The second-order valence-corrected chi connectivity index (χ2v) is 7.04. The molecule has 148 valence electrons. The summed E-state index contributed by atoms with van der Waals surface area (Å²) in [6.07, 6.45) is 0. The molecule has 0 bridgehead atoms. The molecule has 27 heavy (non-hydrogen) atoms. The Balaban J connectivity index is 1.52. The molecule has 0 spiro atoms. The molecule has 2 N–H and O–H groups in total. The average Bonchev–Trinajstić information content (AvgIpc) is 3.02. The van der Waals surface area contributed by atoms with E-state index in [-0.39, 0.29) is 0 Å². The van der Waals surface area contributed by atoms with Crippen LogP contribution in [0, 0.1) is 6.92 Å². The number of likely N-dealkylation sites (N-methyl/N-ethyl adjacent to an activating group) is 1. The van der Waals surface area contributed by atoms with Gasteiger partial charge >= 0.3 is 0 Å². The van der Waals surface area contributed by atoms with Gasteiger partial charge in [-0.05, 0) is 26.5 Å². The summed E-state index contributed by atoms with van der Waals surface area (Å²) in [5.74, 6) is 1.79. The molecule has 0 atom stereocenters. The van der Waals surface area contributed by atoms with Gasteiger partial charge in [0.2, 0.25) is 0 Å². The number of nitrogens with one attached hydrogen (secondary N) is 2. The number of nitrogens with zero attached hydrogens (tertiary/aromatic N) is 3. The molecule has 1 saturated heterocycles. The summed E-state index contributed by atoms with van der Waals surface area (Å²) >= 11 is 0. The van der Waals surface area contributed by atoms with E-state index in [9.17, 15) is 0 Å². The first-order valence-electron chi connectivity index (χ1n) is 10.1. The number of guanidine groups is 1. The molecule has 6 heteroatoms. The normalized spacial score (nSPS) is 16.8. The van der Waals surface area contributed by atoms with Gasteiger partial charge in [0.1, 0.15) is 17.9 Å². The standard InChI is InChI=1S/C21H33N5O/c1-4-22-21(23-10-11-26-14-12-25(5-2)13-15-26)24-16-20-17(3)18-8-6-7-9-19(18)27-20/h6-9H,4-5,10-16H2,1-3H3,(H2,22,23,24). The van der Waals surface area contributed by atoms with Crippen LogP contribution in [0.25, 0.3) is 11.0 Å². The number of aryl methyl sites for hydroxylation is 1. The molecular weight excluding hydrogens is 338 g/mol. The molecule has 1 aliphatic heterocycles. The molecule has 2 aromatic rings. The van der Waals surface area contributed by atoms with E-state index in [1.807, 2.05) is 18.2 Å². The van der Waals surface area contributed by atoms with E-state index in [1.54, 1.807) is 0 Å². The molecule has 2 heterocycles. The fourth-order valence-electron chi connectivity index (χ4n) is 3.53. The Hall–Kier alpha value is -2.05. The maximum atomic E-state index is 5.97. The number of hydrogen-bond acceptors (Lipinski definition) is 4. The Kier molecular flexibility index (Phi) is 7.12. The van der Waals surface area contributed by atoms with Gasteiger partial charge in [0, 0.05) is 56.8 Å². The molecule has 0 amide bonds. The molecule has 3 rings (SSSR count). The largest absolute Gasteiger partial charge is 0.459 e. The van der Waals surface area contributed by atoms with Crippen molar-refractivity contribution in [1.29, 1.82) is 0 Å². The van der Waals surface area contributed by atoms with Crippen molar-refractivity contribution >= 4 is 16.9 Å². The molecule has 1 fully saturated rings. The van der Waals surface area contributed by atoms with Gasteiger partial charge in [-0.15, -0.1) is 0 Å². The van der Waals surface area contributed by atoms with Crippen LogP contribution in [0.2, 0.25) is 0 Å². The van der Waals surface area contributed by atoms with Crippen LogP contribution in [0.4, 0.5) is 0 Å². The minimum absolute atomic E-state index is 0.547. The van der Waals surface area contributed by atoms with Gasteiger partial charge in [0.25, 0.3) is 0 Å². The lowest BCUT2D eigenvalue weighted by atomic mass is 10.1. The highest BCUT2D eigenvalue weighted by Gasteiger charge is 2.15. The first-order chi connectivity index (χ1) is 13.2. The van der Waals surface area contributed by atoms with Gasteiger partial charge in [-0.1, -0.05) is 25.1 Å². The van der Waals surface area contributed by atoms with Crippen molar-refractivity contribution < 1.29 is 4.42 Å². The number of fused-ring (bicyclic) bond motifs is 1. The van der Waals surface area contributed by atoms with Crippen LogP contribution in [0.5, 0.6) is 0 Å². The van der Waals surface area contributed by atoms with E-state index in [1.165, 1.54) is 24.0 Å². The Labute approximate surface area is 162 Å². The van der Waals surface area contributed by atoms with Gasteiger partial charge < -0.3 is 20.0 Å². The molecule has 0 aliphatic carbocycles. The van der Waals surface area contributed by atoms with Crippen LogP contribution in [0.15, 0.2) is 33.7 Å². The lowest BCUT2D eigenvalue weighted by molar-refractivity contribution is 0.139. The van der Waals surface area contributed by atoms with Crippen molar-refractivity contribution in [3.05, 3.63) is 35.6 Å². The Morgan fingerprint density at radius 1 is 1.07 bits per heavy atom. The predicted molar refractivity (Wildman–Crippen MR) is 112 cm³/mol. The van der Waals surface area contributed by atoms with E-state index < -0.39 is 0 Å². The van der Waals surface area contributed by atoms with Crippen molar-refractivity contribution in [3.63, 3.8) is 0 Å². The fraction of sp³-hybridized carbons (Fsp3) is 0.571. The number of hydrogen-bond donors (Lipinski definition) is 2. The minimum Gasteiger partial charge on any atom is -0.459 e. The van der Waals surface area contributed by atoms with Crippen molar-refractivity contribution in [1.82, 2.24) is 20.4 Å². The van der Waals surface area contributed by atoms with Gasteiger partial charge in [-0.2, -0.15) is 0 Å². The van der Waals surface area contributed by atoms with Gasteiger partial charge in [0.15, 0.2) is 5.96 Å². The van der Waals surface area contributed by atoms with E-state index in [4.69, 9.17) is 9.41 Å². The molecule has 0 radical (unpaired) electrons. The summed E-state index contributed by atoms with van der Waals surface area (Å²) in [6.45, 7) is 15.6. The van der Waals surface area contributed by atoms with Crippen molar-refractivity contribution in [2.45, 2.75) is 27.3 Å². The quantitative estimate of drug-likeness (QED) is 0.578. The number of furan rings is 1. The first-order valence-corrected chi connectivity index (χ1v) is 10.1. The van der Waals surface area contributed by atoms with Crippen LogP contribution in [0.1, 0.15) is 25.2 Å². The van der Waals surface area contributed by atoms with E-state index in [0.717, 1.165) is 56.6 Å². The third kappa shape index (κ3) is 5.23. The maximum absolute atomic E-state index is 5.97. The number of benzene rings is 1. The Morgan fingerprint density at radius 3 is 2.52 bits per heavy atom. The minimum atomic E-state index is 0.547. The van der Waals surface area contributed by atoms with Crippen LogP contribution in [-0.4, -0.2) is 68.1 Å². The number of piperazine rings is 1. The third-order valence-corrected chi connectivity index (χ3v) is 5.30. The SMILES string of the molecule is CCNC(=NCc1oc2ccccc2c1C)NCCN1CCN(CC)CC1. The summed E-state index contributed by atoms with van der Waals surface area (Å²) < 4.78 is 5.97. The number of aliphatic imine (C=N–C) groups is 1. The summed E-state index contributed by atoms with van der Waals surface area (Å²) in [7, 11) is 0. The van der Waals surface area contributed by atoms with E-state index >= 15 is 0 Å². The zero-order chi connectivity index (χ0) is 19.1. The number of para-hydroxylation sites is 1. The predicted octanol–water partition coefficient (Wildman–Crippen LogP) is 2.43. The van der Waals surface area contributed by atoms with Crippen LogP contribution in [0.3, 0.4) is 0 Å². The smallest absolute Gasteiger partial charge is 0.191 e. The maximum Gasteiger partial charge on any atom is 0.191 e. The zero-order valence-corrected chi connectivity index (χ0v) is 16.9. The molecule has 1 aliphatic rings. The topological polar surface area (TPSA) is 56.0 Å². The summed E-state index contributed by atoms with van der Waals surface area (Å²) in [6, 6.07) is 8.16. The highest BCUT2D eigenvalue weighted by Crippen LogP contribution is 2.25. The van der Waals surface area contributed by atoms with Crippen LogP contribution < -0.4 is 10.6 Å². The lowest BCUT2D eigenvalue weighted by Gasteiger charge is -2.34. The molecule has 1 aromatic heterocycles. The molecule has 1 aromatic carbocycles. The second-order valence-electron chi connectivity index (χ2n) is 7.04. The first kappa shape index (κ1) is 19.7. The Bertz CT molecular complexity index is 746. The highest BCUT2D eigenvalue weighted by molar-refractivity contribution is 5.82. The molecule has 0 unspecified atom stereocenters. The Morgan fingerprint density at radius 2 is 1.81 bits per heavy atom. The van der Waals surface area contributed by atoms with Gasteiger partial charge in [-0.25, -0.2) is 4.99 Å². The average molecular weight is 372 g/mol. The van der Waals surface area contributed by atoms with Crippen molar-refractivity contribution in [3.8, 4) is 0 Å². The van der Waals surface area contributed by atoms with Crippen LogP contribution >= 0.6 is 0 Å². The zero-order valence-electron chi connectivity index (χ0n) is 16.9. The fourth-order valence-corrected chi connectivity index (χ4v) is 3.53. The van der Waals surface area contributed by atoms with E-state index in [2.05, 4.69) is 47.3 Å². The summed E-state index contributed by atoms with van der Waals surface area (Å²) in [5, 5.41) is 7.96. The van der Waals surface area contributed by atoms with Crippen molar-refractivity contribution in [2.24, 2.45) is 4.99 Å².